The smallest absolute Gasteiger partial charge is 0.418 e. The van der Waals surface area contributed by atoms with Crippen LogP contribution in [0.25, 0.3) is 0 Å². The van der Waals surface area contributed by atoms with Gasteiger partial charge in [0.2, 0.25) is 0 Å². The normalized spacial score (nSPS) is 11.0. The number of rotatable bonds is 5. The van der Waals surface area contributed by atoms with E-state index in [-0.39, 0.29) is 23.0 Å². The molecule has 0 saturated carbocycles. The van der Waals surface area contributed by atoms with Gasteiger partial charge in [-0.3, -0.25) is 0 Å². The van der Waals surface area contributed by atoms with Gasteiger partial charge < -0.3 is 21.1 Å². The Morgan fingerprint density at radius 1 is 1.00 bits per heavy atom. The van der Waals surface area contributed by atoms with Crippen LogP contribution in [-0.4, -0.2) is 23.0 Å². The van der Waals surface area contributed by atoms with Gasteiger partial charge in [0.15, 0.2) is 11.6 Å². The van der Waals surface area contributed by atoms with Crippen molar-refractivity contribution < 1.29 is 22.7 Å². The van der Waals surface area contributed by atoms with Crippen LogP contribution in [0.15, 0.2) is 54.9 Å². The van der Waals surface area contributed by atoms with Crippen LogP contribution in [0.2, 0.25) is 0 Å². The number of carbonyl (C=O) groups is 1. The molecule has 0 saturated heterocycles. The van der Waals surface area contributed by atoms with Crippen LogP contribution < -0.4 is 16.4 Å². The first-order valence-electron chi connectivity index (χ1n) is 8.28. The number of methoxy groups -OCH3 is 1. The summed E-state index contributed by atoms with van der Waals surface area (Å²) in [5, 5.41) is 5.54. The SMILES string of the molecule is COC(=O)c1ccc(Nc2ncnc(Nc3ccccc3C(F)(F)F)c2N)cc1. The van der Waals surface area contributed by atoms with E-state index in [1.54, 1.807) is 24.3 Å². The van der Waals surface area contributed by atoms with Gasteiger partial charge in [-0.25, -0.2) is 14.8 Å². The number of nitrogens with zero attached hydrogens (tertiary/aromatic N) is 2. The van der Waals surface area contributed by atoms with Gasteiger partial charge in [0.1, 0.15) is 12.0 Å². The van der Waals surface area contributed by atoms with Crippen LogP contribution in [0.1, 0.15) is 15.9 Å². The summed E-state index contributed by atoms with van der Waals surface area (Å²) in [7, 11) is 1.28. The second kappa shape index (κ2) is 8.05. The highest BCUT2D eigenvalue weighted by Gasteiger charge is 2.33. The lowest BCUT2D eigenvalue weighted by Gasteiger charge is -2.16. The number of nitrogen functional groups attached to an aromatic ring is 1. The predicted octanol–water partition coefficient (Wildman–Crippen LogP) is 4.35. The second-order valence-corrected chi connectivity index (χ2v) is 5.85. The molecule has 0 atom stereocenters. The fourth-order valence-corrected chi connectivity index (χ4v) is 2.51. The highest BCUT2D eigenvalue weighted by atomic mass is 19.4. The van der Waals surface area contributed by atoms with E-state index in [0.717, 1.165) is 6.07 Å². The van der Waals surface area contributed by atoms with Crippen LogP contribution in [0.4, 0.5) is 41.9 Å². The molecule has 2 aromatic carbocycles. The van der Waals surface area contributed by atoms with Gasteiger partial charge in [-0.2, -0.15) is 13.2 Å². The van der Waals surface area contributed by atoms with E-state index in [9.17, 15) is 18.0 Å². The maximum absolute atomic E-state index is 13.2. The van der Waals surface area contributed by atoms with Crippen molar-refractivity contribution in [3.63, 3.8) is 0 Å². The first-order chi connectivity index (χ1) is 13.8. The Morgan fingerprint density at radius 3 is 2.24 bits per heavy atom. The number of nitrogens with one attached hydrogen (secondary N) is 2. The summed E-state index contributed by atoms with van der Waals surface area (Å²) in [4.78, 5) is 19.4. The molecule has 150 valence electrons. The van der Waals surface area contributed by atoms with Crippen LogP contribution in [0.3, 0.4) is 0 Å². The number of halogens is 3. The van der Waals surface area contributed by atoms with Gasteiger partial charge in [0, 0.05) is 5.69 Å². The number of para-hydroxylation sites is 1. The number of nitrogens with two attached hydrogens (primary N) is 1. The van der Waals surface area contributed by atoms with Crippen molar-refractivity contribution in [2.24, 2.45) is 0 Å². The maximum atomic E-state index is 13.2. The van der Waals surface area contributed by atoms with Gasteiger partial charge in [0.25, 0.3) is 0 Å². The summed E-state index contributed by atoms with van der Waals surface area (Å²) in [5.74, 6) is -0.267. The third-order valence-corrected chi connectivity index (χ3v) is 3.94. The Bertz CT molecular complexity index is 1020. The number of ether oxygens (including phenoxy) is 1. The lowest BCUT2D eigenvalue weighted by molar-refractivity contribution is -0.136. The molecule has 3 rings (SSSR count). The van der Waals surface area contributed by atoms with E-state index in [2.05, 4.69) is 25.3 Å². The molecule has 0 aliphatic heterocycles. The molecular formula is C19H16F3N5O2. The molecule has 4 N–H and O–H groups in total. The standard InChI is InChI=1S/C19H16F3N5O2/c1-29-18(28)11-6-8-12(9-7-11)26-16-15(23)17(25-10-24-16)27-14-5-3-2-4-13(14)19(20,21)22/h2-10H,23H2,1H3,(H2,24,25,26,27). The first-order valence-corrected chi connectivity index (χ1v) is 8.28. The van der Waals surface area contributed by atoms with Crippen molar-refractivity contribution in [1.29, 1.82) is 0 Å². The van der Waals surface area contributed by atoms with Crippen molar-refractivity contribution in [2.75, 3.05) is 23.5 Å². The fourth-order valence-electron chi connectivity index (χ4n) is 2.51. The van der Waals surface area contributed by atoms with Gasteiger partial charge >= 0.3 is 12.1 Å². The quantitative estimate of drug-likeness (QED) is 0.544. The highest BCUT2D eigenvalue weighted by molar-refractivity contribution is 5.90. The Morgan fingerprint density at radius 2 is 1.62 bits per heavy atom. The molecule has 0 unspecified atom stereocenters. The molecular weight excluding hydrogens is 387 g/mol. The summed E-state index contributed by atoms with van der Waals surface area (Å²) in [6, 6.07) is 11.3. The maximum Gasteiger partial charge on any atom is 0.418 e. The lowest BCUT2D eigenvalue weighted by Crippen LogP contribution is -2.10. The molecule has 0 amide bonds. The average molecular weight is 403 g/mol. The monoisotopic (exact) mass is 403 g/mol. The molecule has 3 aromatic rings. The number of aromatic nitrogens is 2. The van der Waals surface area contributed by atoms with Crippen LogP contribution in [0, 0.1) is 0 Å². The third-order valence-electron chi connectivity index (χ3n) is 3.94. The summed E-state index contributed by atoms with van der Waals surface area (Å²) >= 11 is 0. The molecule has 0 aliphatic rings. The van der Waals surface area contributed by atoms with Gasteiger partial charge in [-0.1, -0.05) is 12.1 Å². The molecule has 1 heterocycles. The van der Waals surface area contributed by atoms with E-state index in [1.165, 1.54) is 31.6 Å². The Kier molecular flexibility index (Phi) is 5.53. The third kappa shape index (κ3) is 4.54. The molecule has 0 spiro atoms. The van der Waals surface area contributed by atoms with Crippen LogP contribution in [0.5, 0.6) is 0 Å². The van der Waals surface area contributed by atoms with Gasteiger partial charge in [0.05, 0.1) is 23.9 Å². The van der Waals surface area contributed by atoms with E-state index in [0.29, 0.717) is 11.3 Å². The minimum absolute atomic E-state index is 0.0189. The average Bonchev–Trinajstić information content (AvgIpc) is 2.70. The summed E-state index contributed by atoms with van der Waals surface area (Å²) in [5.41, 5.74) is 5.96. The summed E-state index contributed by atoms with van der Waals surface area (Å²) in [6.07, 6.45) is -3.37. The largest absolute Gasteiger partial charge is 0.465 e. The molecule has 10 heteroatoms. The van der Waals surface area contributed by atoms with E-state index >= 15 is 0 Å². The number of esters is 1. The second-order valence-electron chi connectivity index (χ2n) is 5.85. The Hall–Kier alpha value is -3.82. The number of benzene rings is 2. The van der Waals surface area contributed by atoms with Crippen molar-refractivity contribution in [3.05, 3.63) is 66.0 Å². The molecule has 0 radical (unpaired) electrons. The molecule has 0 fully saturated rings. The van der Waals surface area contributed by atoms with Gasteiger partial charge in [-0.15, -0.1) is 0 Å². The fraction of sp³-hybridized carbons (Fsp3) is 0.105. The summed E-state index contributed by atoms with van der Waals surface area (Å²) < 4.78 is 44.2. The van der Waals surface area contributed by atoms with Crippen molar-refractivity contribution in [2.45, 2.75) is 6.18 Å². The zero-order valence-electron chi connectivity index (χ0n) is 15.1. The topological polar surface area (TPSA) is 102 Å². The molecule has 29 heavy (non-hydrogen) atoms. The van der Waals surface area contributed by atoms with E-state index in [1.807, 2.05) is 0 Å². The molecule has 0 aliphatic carbocycles. The Labute approximate surface area is 163 Å². The number of anilines is 5. The zero-order chi connectivity index (χ0) is 21.0. The predicted molar refractivity (Wildman–Crippen MR) is 102 cm³/mol. The Balaban J connectivity index is 1.85. The lowest BCUT2D eigenvalue weighted by atomic mass is 10.1. The number of carbonyl (C=O) groups excluding carboxylic acids is 1. The summed E-state index contributed by atoms with van der Waals surface area (Å²) in [6.45, 7) is 0. The number of hydrogen-bond acceptors (Lipinski definition) is 7. The van der Waals surface area contributed by atoms with Crippen LogP contribution in [-0.2, 0) is 10.9 Å². The number of hydrogen-bond donors (Lipinski definition) is 3. The minimum atomic E-state index is -4.53. The van der Waals surface area contributed by atoms with E-state index in [4.69, 9.17) is 5.73 Å². The van der Waals surface area contributed by atoms with Crippen LogP contribution >= 0.6 is 0 Å². The molecule has 1 aromatic heterocycles. The first kappa shape index (κ1) is 19.9. The van der Waals surface area contributed by atoms with Gasteiger partial charge in [-0.05, 0) is 36.4 Å². The number of alkyl halides is 3. The van der Waals surface area contributed by atoms with Crippen molar-refractivity contribution >= 4 is 34.7 Å². The minimum Gasteiger partial charge on any atom is -0.465 e. The van der Waals surface area contributed by atoms with Crippen molar-refractivity contribution in [3.8, 4) is 0 Å². The molecule has 0 bridgehead atoms. The molecule has 7 nitrogen and oxygen atoms in total. The van der Waals surface area contributed by atoms with Crippen molar-refractivity contribution in [1.82, 2.24) is 9.97 Å². The van der Waals surface area contributed by atoms with E-state index < -0.39 is 17.7 Å². The highest BCUT2D eigenvalue weighted by Crippen LogP contribution is 2.37. The zero-order valence-corrected chi connectivity index (χ0v) is 15.1.